The van der Waals surface area contributed by atoms with Crippen LogP contribution in [0.4, 0.5) is 0 Å². The van der Waals surface area contributed by atoms with Gasteiger partial charge in [-0.1, -0.05) is 71.1 Å². The zero-order chi connectivity index (χ0) is 11.2. The fourth-order valence-electron chi connectivity index (χ4n) is 4.02. The molecule has 0 N–H and O–H groups in total. The van der Waals surface area contributed by atoms with Crippen molar-refractivity contribution in [3.63, 3.8) is 0 Å². The standard InChI is InChI=1S/C16H30/c1-14-8-4-2-3-5-9-15-10-6-7-11-16(12-14)13-15/h14-16H,2-13H2,1H3. The minimum absolute atomic E-state index is 1.00. The molecule has 2 aliphatic carbocycles. The van der Waals surface area contributed by atoms with Crippen molar-refractivity contribution in [1.82, 2.24) is 0 Å². The maximum absolute atomic E-state index is 2.50. The van der Waals surface area contributed by atoms with E-state index < -0.39 is 0 Å². The lowest BCUT2D eigenvalue weighted by molar-refractivity contribution is 0.299. The normalized spacial score (nSPS) is 38.4. The van der Waals surface area contributed by atoms with Gasteiger partial charge >= 0.3 is 0 Å². The van der Waals surface area contributed by atoms with Crippen molar-refractivity contribution >= 4 is 0 Å². The first-order valence-electron chi connectivity index (χ1n) is 7.84. The highest BCUT2D eigenvalue weighted by Crippen LogP contribution is 2.35. The Morgan fingerprint density at radius 1 is 0.562 bits per heavy atom. The van der Waals surface area contributed by atoms with Crippen LogP contribution >= 0.6 is 0 Å². The molecule has 2 rings (SSSR count). The van der Waals surface area contributed by atoms with Crippen LogP contribution in [0.15, 0.2) is 0 Å². The highest BCUT2D eigenvalue weighted by molar-refractivity contribution is 4.74. The third kappa shape index (κ3) is 4.11. The van der Waals surface area contributed by atoms with Crippen LogP contribution in [0.2, 0.25) is 0 Å². The van der Waals surface area contributed by atoms with Gasteiger partial charge < -0.3 is 0 Å². The van der Waals surface area contributed by atoms with Gasteiger partial charge in [0.25, 0.3) is 0 Å². The van der Waals surface area contributed by atoms with Crippen molar-refractivity contribution in [2.24, 2.45) is 17.8 Å². The number of hydrogen-bond acceptors (Lipinski definition) is 0. The minimum atomic E-state index is 1.00. The summed E-state index contributed by atoms with van der Waals surface area (Å²) in [5, 5.41) is 0. The Labute approximate surface area is 102 Å². The van der Waals surface area contributed by atoms with E-state index in [1.54, 1.807) is 25.7 Å². The zero-order valence-electron chi connectivity index (χ0n) is 11.2. The zero-order valence-corrected chi connectivity index (χ0v) is 11.2. The van der Waals surface area contributed by atoms with Gasteiger partial charge in [-0.25, -0.2) is 0 Å². The molecular formula is C16H30. The van der Waals surface area contributed by atoms with E-state index in [1.165, 1.54) is 51.4 Å². The van der Waals surface area contributed by atoms with E-state index in [0.717, 1.165) is 17.8 Å². The molecule has 0 aromatic rings. The maximum atomic E-state index is 2.50. The van der Waals surface area contributed by atoms with Crippen molar-refractivity contribution in [2.45, 2.75) is 84.0 Å². The fourth-order valence-corrected chi connectivity index (χ4v) is 4.02. The summed E-state index contributed by atoms with van der Waals surface area (Å²) in [6.07, 6.45) is 18.3. The first kappa shape index (κ1) is 12.5. The highest BCUT2D eigenvalue weighted by atomic mass is 14.3. The maximum Gasteiger partial charge on any atom is -0.0409 e. The van der Waals surface area contributed by atoms with Gasteiger partial charge in [0.05, 0.1) is 0 Å². The molecule has 2 saturated carbocycles. The van der Waals surface area contributed by atoms with Gasteiger partial charge in [-0.15, -0.1) is 0 Å². The van der Waals surface area contributed by atoms with E-state index >= 15 is 0 Å². The lowest BCUT2D eigenvalue weighted by atomic mass is 9.84. The Balaban J connectivity index is 1.91. The summed E-state index contributed by atoms with van der Waals surface area (Å²) in [6, 6.07) is 0. The molecule has 0 heterocycles. The first-order chi connectivity index (χ1) is 7.84. The second kappa shape index (κ2) is 6.67. The number of rotatable bonds is 0. The summed E-state index contributed by atoms with van der Waals surface area (Å²) in [6.45, 7) is 2.50. The molecule has 0 amide bonds. The summed E-state index contributed by atoms with van der Waals surface area (Å²) in [5.74, 6) is 3.18. The van der Waals surface area contributed by atoms with Gasteiger partial charge in [-0.05, 0) is 30.6 Å². The minimum Gasteiger partial charge on any atom is -0.0625 e. The Kier molecular flexibility index (Phi) is 5.19. The molecule has 0 aromatic carbocycles. The van der Waals surface area contributed by atoms with Crippen LogP contribution in [0.3, 0.4) is 0 Å². The lowest BCUT2D eigenvalue weighted by Gasteiger charge is -2.22. The summed E-state index contributed by atoms with van der Waals surface area (Å²) >= 11 is 0. The van der Waals surface area contributed by atoms with Gasteiger partial charge in [0, 0.05) is 0 Å². The largest absolute Gasteiger partial charge is 0.0625 e. The van der Waals surface area contributed by atoms with Crippen LogP contribution in [-0.4, -0.2) is 0 Å². The molecule has 0 radical (unpaired) electrons. The Bertz CT molecular complexity index is 184. The predicted molar refractivity (Wildman–Crippen MR) is 71.5 cm³/mol. The summed E-state index contributed by atoms with van der Waals surface area (Å²) in [5.41, 5.74) is 0. The third-order valence-corrected chi connectivity index (χ3v) is 4.94. The number of fused-ring (bicyclic) bond motifs is 2. The first-order valence-corrected chi connectivity index (χ1v) is 7.84. The molecule has 0 saturated heterocycles. The van der Waals surface area contributed by atoms with E-state index in [4.69, 9.17) is 0 Å². The van der Waals surface area contributed by atoms with Crippen LogP contribution in [0.1, 0.15) is 84.0 Å². The molecule has 3 unspecified atom stereocenters. The monoisotopic (exact) mass is 222 g/mol. The Hall–Kier alpha value is 0. The Morgan fingerprint density at radius 3 is 1.88 bits per heavy atom. The molecule has 0 nitrogen and oxygen atoms in total. The SMILES string of the molecule is CC1CCCCCCC2CCCCC(C1)C2. The molecule has 16 heavy (non-hydrogen) atoms. The van der Waals surface area contributed by atoms with Crippen LogP contribution in [0.5, 0.6) is 0 Å². The molecule has 0 aromatic heterocycles. The van der Waals surface area contributed by atoms with E-state index in [0.29, 0.717) is 0 Å². The molecule has 0 heteroatoms. The molecule has 0 aliphatic heterocycles. The smallest absolute Gasteiger partial charge is 0.0409 e. The van der Waals surface area contributed by atoms with Crippen LogP contribution in [-0.2, 0) is 0 Å². The van der Waals surface area contributed by atoms with E-state index in [9.17, 15) is 0 Å². The average molecular weight is 222 g/mol. The molecular weight excluding hydrogens is 192 g/mol. The van der Waals surface area contributed by atoms with E-state index in [2.05, 4.69) is 6.92 Å². The molecule has 0 spiro atoms. The highest BCUT2D eigenvalue weighted by Gasteiger charge is 2.22. The van der Waals surface area contributed by atoms with Gasteiger partial charge in [0.15, 0.2) is 0 Å². The second-order valence-electron chi connectivity index (χ2n) is 6.58. The van der Waals surface area contributed by atoms with Crippen molar-refractivity contribution < 1.29 is 0 Å². The third-order valence-electron chi connectivity index (χ3n) is 4.94. The molecule has 94 valence electrons. The van der Waals surface area contributed by atoms with Gasteiger partial charge in [-0.3, -0.25) is 0 Å². The van der Waals surface area contributed by atoms with E-state index in [1.807, 2.05) is 0 Å². The second-order valence-corrected chi connectivity index (χ2v) is 6.58. The Morgan fingerprint density at radius 2 is 1.12 bits per heavy atom. The molecule has 2 aliphatic rings. The van der Waals surface area contributed by atoms with Gasteiger partial charge in [0.2, 0.25) is 0 Å². The van der Waals surface area contributed by atoms with Crippen molar-refractivity contribution in [1.29, 1.82) is 0 Å². The van der Waals surface area contributed by atoms with E-state index in [-0.39, 0.29) is 0 Å². The average Bonchev–Trinajstić information content (AvgIpc) is 2.49. The van der Waals surface area contributed by atoms with Crippen LogP contribution < -0.4 is 0 Å². The van der Waals surface area contributed by atoms with Crippen LogP contribution in [0.25, 0.3) is 0 Å². The molecule has 2 bridgehead atoms. The molecule has 3 atom stereocenters. The van der Waals surface area contributed by atoms with Crippen molar-refractivity contribution in [3.05, 3.63) is 0 Å². The fraction of sp³-hybridized carbons (Fsp3) is 1.00. The van der Waals surface area contributed by atoms with Crippen LogP contribution in [0, 0.1) is 17.8 Å². The molecule has 2 fully saturated rings. The van der Waals surface area contributed by atoms with Crippen molar-refractivity contribution in [3.8, 4) is 0 Å². The van der Waals surface area contributed by atoms with Gasteiger partial charge in [-0.2, -0.15) is 0 Å². The topological polar surface area (TPSA) is 0 Å². The van der Waals surface area contributed by atoms with Crippen molar-refractivity contribution in [2.75, 3.05) is 0 Å². The summed E-state index contributed by atoms with van der Waals surface area (Å²) in [4.78, 5) is 0. The van der Waals surface area contributed by atoms with Gasteiger partial charge in [0.1, 0.15) is 0 Å². The summed E-state index contributed by atoms with van der Waals surface area (Å²) < 4.78 is 0. The quantitative estimate of drug-likeness (QED) is 0.503. The lowest BCUT2D eigenvalue weighted by Crippen LogP contribution is -2.09. The number of hydrogen-bond donors (Lipinski definition) is 0. The summed E-state index contributed by atoms with van der Waals surface area (Å²) in [7, 11) is 0. The predicted octanol–water partition coefficient (Wildman–Crippen LogP) is 5.56.